The summed E-state index contributed by atoms with van der Waals surface area (Å²) in [7, 11) is 0. The van der Waals surface area contributed by atoms with E-state index in [9.17, 15) is 9.90 Å². The highest BCUT2D eigenvalue weighted by molar-refractivity contribution is 8.00. The molecule has 0 atom stereocenters. The van der Waals surface area contributed by atoms with Crippen LogP contribution in [0.15, 0.2) is 58.7 Å². The molecule has 2 N–H and O–H groups in total. The summed E-state index contributed by atoms with van der Waals surface area (Å²) in [5.41, 5.74) is 5.80. The van der Waals surface area contributed by atoms with E-state index < -0.39 is 0 Å². The molecule has 2 aromatic carbocycles. The Labute approximate surface area is 156 Å². The van der Waals surface area contributed by atoms with Gasteiger partial charge in [0.05, 0.1) is 17.5 Å². The van der Waals surface area contributed by atoms with Gasteiger partial charge in [-0.3, -0.25) is 9.78 Å². The topological polar surface area (TPSA) is 74.6 Å². The molecular weight excluding hydrogens is 346 g/mol. The molecule has 0 aliphatic rings. The number of nitrogens with one attached hydrogen (secondary N) is 1. The summed E-state index contributed by atoms with van der Waals surface area (Å²) in [5.74, 6) is 0.346. The summed E-state index contributed by atoms with van der Waals surface area (Å²) in [6.07, 6.45) is 3.32. The number of hydrogen-bond donors (Lipinski definition) is 2. The molecule has 1 heterocycles. The van der Waals surface area contributed by atoms with Crippen LogP contribution in [0.4, 0.5) is 0 Å². The van der Waals surface area contributed by atoms with E-state index in [1.807, 2.05) is 56.3 Å². The van der Waals surface area contributed by atoms with Gasteiger partial charge in [-0.25, -0.2) is 5.43 Å². The number of aromatic nitrogens is 1. The van der Waals surface area contributed by atoms with E-state index >= 15 is 0 Å². The van der Waals surface area contributed by atoms with Crippen molar-refractivity contribution in [2.75, 3.05) is 5.75 Å². The number of thioether (sulfide) groups is 1. The number of benzene rings is 2. The zero-order chi connectivity index (χ0) is 18.5. The maximum absolute atomic E-state index is 12.0. The van der Waals surface area contributed by atoms with E-state index in [1.54, 1.807) is 12.4 Å². The molecule has 5 nitrogen and oxygen atoms in total. The van der Waals surface area contributed by atoms with Gasteiger partial charge >= 0.3 is 0 Å². The van der Waals surface area contributed by atoms with Crippen LogP contribution in [0.3, 0.4) is 0 Å². The highest BCUT2D eigenvalue weighted by Crippen LogP contribution is 2.26. The van der Waals surface area contributed by atoms with Crippen molar-refractivity contribution in [1.82, 2.24) is 10.4 Å². The normalized spacial score (nSPS) is 11.2. The van der Waals surface area contributed by atoms with Crippen molar-refractivity contribution in [2.45, 2.75) is 18.7 Å². The van der Waals surface area contributed by atoms with Gasteiger partial charge < -0.3 is 5.11 Å². The average Bonchev–Trinajstić information content (AvgIpc) is 2.64. The zero-order valence-corrected chi connectivity index (χ0v) is 15.4. The van der Waals surface area contributed by atoms with Crippen molar-refractivity contribution in [3.8, 4) is 5.75 Å². The number of carbonyl (C=O) groups excluding carboxylic acids is 1. The second-order valence-corrected chi connectivity index (χ2v) is 6.93. The van der Waals surface area contributed by atoms with E-state index in [0.29, 0.717) is 0 Å². The van der Waals surface area contributed by atoms with Gasteiger partial charge in [0.2, 0.25) is 5.91 Å². The van der Waals surface area contributed by atoms with Gasteiger partial charge in [-0.1, -0.05) is 18.2 Å². The molecule has 3 rings (SSSR count). The Balaban J connectivity index is 1.59. The number of phenolic OH excluding ortho intramolecular Hbond substituents is 1. The lowest BCUT2D eigenvalue weighted by Crippen LogP contribution is -2.19. The molecule has 6 heteroatoms. The number of pyridine rings is 1. The van der Waals surface area contributed by atoms with Crippen molar-refractivity contribution >= 4 is 34.8 Å². The van der Waals surface area contributed by atoms with Crippen LogP contribution < -0.4 is 5.43 Å². The first-order valence-corrected chi connectivity index (χ1v) is 9.12. The Bertz CT molecular complexity index is 957. The van der Waals surface area contributed by atoms with Crippen LogP contribution >= 0.6 is 11.8 Å². The third-order valence-electron chi connectivity index (χ3n) is 3.87. The van der Waals surface area contributed by atoms with Gasteiger partial charge in [-0.15, -0.1) is 11.8 Å². The fraction of sp³-hybridized carbons (Fsp3) is 0.150. The molecule has 0 fully saturated rings. The van der Waals surface area contributed by atoms with Crippen LogP contribution in [0.1, 0.15) is 16.7 Å². The number of phenols is 1. The number of amides is 1. The predicted octanol–water partition coefficient (Wildman–Crippen LogP) is 3.80. The van der Waals surface area contributed by atoms with E-state index in [4.69, 9.17) is 0 Å². The molecule has 0 spiro atoms. The van der Waals surface area contributed by atoms with Gasteiger partial charge in [0.15, 0.2) is 0 Å². The van der Waals surface area contributed by atoms with Gasteiger partial charge in [0.25, 0.3) is 0 Å². The smallest absolute Gasteiger partial charge is 0.250 e. The quantitative estimate of drug-likeness (QED) is 0.410. The molecular formula is C20H19N3O2S. The Morgan fingerprint density at radius 1 is 1.23 bits per heavy atom. The summed E-state index contributed by atoms with van der Waals surface area (Å²) in [4.78, 5) is 17.4. The zero-order valence-electron chi connectivity index (χ0n) is 14.6. The number of rotatable bonds is 5. The number of hydrazone groups is 1. The number of carbonyl (C=O) groups is 1. The minimum atomic E-state index is -0.189. The molecule has 0 unspecified atom stereocenters. The van der Waals surface area contributed by atoms with Gasteiger partial charge in [-0.2, -0.15) is 5.10 Å². The molecule has 0 bridgehead atoms. The van der Waals surface area contributed by atoms with Crippen LogP contribution in [0.5, 0.6) is 5.75 Å². The lowest BCUT2D eigenvalue weighted by molar-refractivity contribution is -0.118. The van der Waals surface area contributed by atoms with Gasteiger partial charge in [0.1, 0.15) is 5.75 Å². The van der Waals surface area contributed by atoms with Crippen molar-refractivity contribution in [3.63, 3.8) is 0 Å². The Kier molecular flexibility index (Phi) is 5.53. The number of aromatic hydroxyl groups is 1. The second kappa shape index (κ2) is 8.01. The summed E-state index contributed by atoms with van der Waals surface area (Å²) in [6.45, 7) is 3.65. The molecule has 0 aliphatic carbocycles. The first-order valence-electron chi connectivity index (χ1n) is 8.13. The van der Waals surface area contributed by atoms with E-state index in [0.717, 1.165) is 32.5 Å². The monoisotopic (exact) mass is 365 g/mol. The average molecular weight is 365 g/mol. The van der Waals surface area contributed by atoms with Crippen molar-refractivity contribution < 1.29 is 9.90 Å². The van der Waals surface area contributed by atoms with Gasteiger partial charge in [0, 0.05) is 16.5 Å². The minimum absolute atomic E-state index is 0.189. The Hall–Kier alpha value is -2.86. The SMILES string of the molecule is Cc1cc(/C=N/NC(=O)CSc2cccc3cccnc23)cc(C)c1O. The lowest BCUT2D eigenvalue weighted by atomic mass is 10.1. The Morgan fingerprint density at radius 2 is 1.96 bits per heavy atom. The number of nitrogens with zero attached hydrogens (tertiary/aromatic N) is 2. The summed E-state index contributed by atoms with van der Waals surface area (Å²) < 4.78 is 0. The fourth-order valence-electron chi connectivity index (χ4n) is 2.61. The highest BCUT2D eigenvalue weighted by Gasteiger charge is 2.06. The Morgan fingerprint density at radius 3 is 2.73 bits per heavy atom. The molecule has 1 aromatic heterocycles. The molecule has 3 aromatic rings. The van der Waals surface area contributed by atoms with Crippen molar-refractivity contribution in [1.29, 1.82) is 0 Å². The lowest BCUT2D eigenvalue weighted by Gasteiger charge is -2.05. The number of hydrogen-bond acceptors (Lipinski definition) is 5. The molecule has 0 saturated carbocycles. The van der Waals surface area contributed by atoms with E-state index in [1.165, 1.54) is 11.8 Å². The largest absolute Gasteiger partial charge is 0.507 e. The molecule has 26 heavy (non-hydrogen) atoms. The summed E-state index contributed by atoms with van der Waals surface area (Å²) >= 11 is 1.43. The fourth-order valence-corrected chi connectivity index (χ4v) is 3.44. The number of fused-ring (bicyclic) bond motifs is 1. The second-order valence-electron chi connectivity index (χ2n) is 5.92. The van der Waals surface area contributed by atoms with E-state index in [-0.39, 0.29) is 17.4 Å². The first-order chi connectivity index (χ1) is 12.5. The third-order valence-corrected chi connectivity index (χ3v) is 4.92. The first kappa shape index (κ1) is 17.9. The molecule has 0 aliphatic heterocycles. The maximum Gasteiger partial charge on any atom is 0.250 e. The maximum atomic E-state index is 12.0. The standard InChI is InChI=1S/C20H19N3O2S/c1-13-9-15(10-14(2)20(13)25)11-22-23-18(24)12-26-17-7-3-5-16-6-4-8-21-19(16)17/h3-11,25H,12H2,1-2H3,(H,23,24)/b22-11+. The van der Waals surface area contributed by atoms with Crippen LogP contribution in [0, 0.1) is 13.8 Å². The number of para-hydroxylation sites is 1. The minimum Gasteiger partial charge on any atom is -0.507 e. The van der Waals surface area contributed by atoms with Crippen molar-refractivity contribution in [3.05, 3.63) is 65.4 Å². The molecule has 0 radical (unpaired) electrons. The van der Waals surface area contributed by atoms with Crippen LogP contribution in [0.25, 0.3) is 10.9 Å². The highest BCUT2D eigenvalue weighted by atomic mass is 32.2. The summed E-state index contributed by atoms with van der Waals surface area (Å²) in [5, 5.41) is 14.8. The summed E-state index contributed by atoms with van der Waals surface area (Å²) in [6, 6.07) is 13.4. The van der Waals surface area contributed by atoms with Crippen LogP contribution in [0.2, 0.25) is 0 Å². The predicted molar refractivity (Wildman–Crippen MR) is 106 cm³/mol. The molecule has 0 saturated heterocycles. The number of aryl methyl sites for hydroxylation is 2. The van der Waals surface area contributed by atoms with Crippen LogP contribution in [-0.2, 0) is 4.79 Å². The van der Waals surface area contributed by atoms with E-state index in [2.05, 4.69) is 15.5 Å². The van der Waals surface area contributed by atoms with Crippen molar-refractivity contribution in [2.24, 2.45) is 5.10 Å². The van der Waals surface area contributed by atoms with Crippen LogP contribution in [-0.4, -0.2) is 28.0 Å². The third kappa shape index (κ3) is 4.21. The molecule has 132 valence electrons. The molecule has 1 amide bonds. The van der Waals surface area contributed by atoms with Gasteiger partial charge in [-0.05, 0) is 54.8 Å².